The summed E-state index contributed by atoms with van der Waals surface area (Å²) in [6, 6.07) is 5.11. The Morgan fingerprint density at radius 1 is 0.977 bits per heavy atom. The lowest BCUT2D eigenvalue weighted by Gasteiger charge is -2.40. The highest BCUT2D eigenvalue weighted by Gasteiger charge is 2.47. The topological polar surface area (TPSA) is 107 Å². The molecule has 0 unspecified atom stereocenters. The number of nitrogens with zero attached hydrogens (tertiary/aromatic N) is 4. The number of fused-ring (bicyclic) bond motifs is 1. The Morgan fingerprint density at radius 3 is 2.20 bits per heavy atom. The van der Waals surface area contributed by atoms with E-state index >= 15 is 0 Å². The molecule has 2 N–H and O–H groups in total. The van der Waals surface area contributed by atoms with Crippen LogP contribution in [0.15, 0.2) is 17.5 Å². The number of aromatic nitrogens is 4. The summed E-state index contributed by atoms with van der Waals surface area (Å²) in [5.74, 6) is 1.35. The maximum absolute atomic E-state index is 7.07. The van der Waals surface area contributed by atoms with Crippen molar-refractivity contribution in [2.45, 2.75) is 128 Å². The van der Waals surface area contributed by atoms with Crippen molar-refractivity contribution in [2.75, 3.05) is 18.9 Å². The van der Waals surface area contributed by atoms with Crippen LogP contribution in [0.25, 0.3) is 21.9 Å². The molecule has 0 bridgehead atoms. The first-order valence-electron chi connectivity index (χ1n) is 15.8. The number of nitrogens with two attached hydrogens (primary N) is 1. The average Bonchev–Trinajstić information content (AvgIpc) is 3.59. The van der Waals surface area contributed by atoms with Crippen molar-refractivity contribution in [3.05, 3.63) is 17.5 Å². The molecule has 3 aromatic rings. The molecule has 0 amide bonds. The summed E-state index contributed by atoms with van der Waals surface area (Å²) >= 11 is 1.63. The van der Waals surface area contributed by atoms with Gasteiger partial charge in [0.25, 0.3) is 0 Å². The van der Waals surface area contributed by atoms with Gasteiger partial charge in [-0.25, -0.2) is 4.98 Å². The number of ether oxygens (including phenoxy) is 2. The van der Waals surface area contributed by atoms with Gasteiger partial charge in [0.05, 0.1) is 24.2 Å². The van der Waals surface area contributed by atoms with Gasteiger partial charge in [-0.15, -0.1) is 11.3 Å². The Kier molecular flexibility index (Phi) is 10.0. The van der Waals surface area contributed by atoms with Crippen LogP contribution >= 0.6 is 11.3 Å². The van der Waals surface area contributed by atoms with Crippen LogP contribution in [0.5, 0.6) is 5.88 Å². The molecule has 0 radical (unpaired) electrons. The van der Waals surface area contributed by atoms with E-state index in [1.807, 2.05) is 6.07 Å². The third-order valence-electron chi connectivity index (χ3n) is 9.49. The van der Waals surface area contributed by atoms with E-state index in [1.54, 1.807) is 11.3 Å². The van der Waals surface area contributed by atoms with Gasteiger partial charge in [0.2, 0.25) is 11.8 Å². The van der Waals surface area contributed by atoms with Crippen molar-refractivity contribution < 1.29 is 18.3 Å². The monoisotopic (exact) mass is 677 g/mol. The molecular weight excluding hydrogens is 623 g/mol. The number of hydrogen-bond donors (Lipinski definition) is 1. The predicted octanol–water partition coefficient (Wildman–Crippen LogP) is 8.55. The third kappa shape index (κ3) is 7.84. The standard InChI is InChI=1S/C31H55N5O4SSi3/c1-30(2,3)43(10,11)38-20-22-21(40-44(12,13)31(4,5)6)19-24(39-22)36-26(23-15-14-17-41-23)33-25-27(36)34-29(32)35-28(25)37-16-18-42(7,8)9/h14-15,17,21-22,24H,16,18-20H2,1-13H3,(H2,32,34,35)/t21-,22+,24+/m0/s1. The predicted molar refractivity (Wildman–Crippen MR) is 190 cm³/mol. The molecule has 0 spiro atoms. The summed E-state index contributed by atoms with van der Waals surface area (Å²) in [4.78, 5) is 15.3. The molecule has 1 aliphatic rings. The minimum absolute atomic E-state index is 0.0591. The quantitative estimate of drug-likeness (QED) is 0.201. The van der Waals surface area contributed by atoms with E-state index in [0.717, 1.165) is 16.7 Å². The van der Waals surface area contributed by atoms with Crippen molar-refractivity contribution in [2.24, 2.45) is 0 Å². The third-order valence-corrected chi connectivity index (χ3v) is 21.1. The zero-order valence-electron chi connectivity index (χ0n) is 29.2. The van der Waals surface area contributed by atoms with Crippen molar-refractivity contribution >= 4 is 53.2 Å². The van der Waals surface area contributed by atoms with Gasteiger partial charge in [-0.05, 0) is 53.8 Å². The van der Waals surface area contributed by atoms with Crippen molar-refractivity contribution in [1.82, 2.24) is 19.5 Å². The van der Waals surface area contributed by atoms with Crippen LogP contribution in [0.1, 0.15) is 54.2 Å². The highest BCUT2D eigenvalue weighted by Crippen LogP contribution is 2.44. The molecule has 0 aromatic carbocycles. The van der Waals surface area contributed by atoms with E-state index in [4.69, 9.17) is 34.0 Å². The van der Waals surface area contributed by atoms with Crippen LogP contribution in [0.2, 0.25) is 61.9 Å². The second-order valence-corrected chi connectivity index (χ2v) is 32.5. The fourth-order valence-electron chi connectivity index (χ4n) is 4.57. The Morgan fingerprint density at radius 2 is 1.64 bits per heavy atom. The van der Waals surface area contributed by atoms with Gasteiger partial charge in [0.1, 0.15) is 12.3 Å². The molecule has 4 heterocycles. The van der Waals surface area contributed by atoms with Crippen molar-refractivity contribution in [3.63, 3.8) is 0 Å². The van der Waals surface area contributed by atoms with Gasteiger partial charge >= 0.3 is 0 Å². The van der Waals surface area contributed by atoms with Crippen LogP contribution in [0, 0.1) is 0 Å². The Balaban J connectivity index is 1.77. The molecule has 246 valence electrons. The van der Waals surface area contributed by atoms with E-state index in [9.17, 15) is 0 Å². The maximum atomic E-state index is 7.07. The molecule has 3 atom stereocenters. The van der Waals surface area contributed by atoms with E-state index in [2.05, 4.69) is 108 Å². The average molecular weight is 678 g/mol. The summed E-state index contributed by atoms with van der Waals surface area (Å²) in [5, 5.41) is 2.21. The van der Waals surface area contributed by atoms with Crippen molar-refractivity contribution in [3.8, 4) is 16.6 Å². The van der Waals surface area contributed by atoms with Gasteiger partial charge in [-0.1, -0.05) is 67.2 Å². The van der Waals surface area contributed by atoms with Gasteiger partial charge in [0, 0.05) is 14.5 Å². The van der Waals surface area contributed by atoms with Crippen LogP contribution < -0.4 is 10.5 Å². The van der Waals surface area contributed by atoms with Gasteiger partial charge in [-0.3, -0.25) is 4.57 Å². The zero-order valence-corrected chi connectivity index (χ0v) is 33.0. The Labute approximate surface area is 271 Å². The van der Waals surface area contributed by atoms with E-state index in [1.165, 1.54) is 0 Å². The first-order chi connectivity index (χ1) is 20.1. The molecule has 0 aliphatic carbocycles. The molecule has 13 heteroatoms. The maximum Gasteiger partial charge on any atom is 0.247 e. The van der Waals surface area contributed by atoms with Gasteiger partial charge in [-0.2, -0.15) is 9.97 Å². The molecule has 0 saturated carbocycles. The van der Waals surface area contributed by atoms with Crippen molar-refractivity contribution in [1.29, 1.82) is 0 Å². The normalized spacial score (nSPS) is 20.5. The fraction of sp³-hybridized carbons (Fsp3) is 0.710. The molecule has 9 nitrogen and oxygen atoms in total. The van der Waals surface area contributed by atoms with Crippen LogP contribution in [0.3, 0.4) is 0 Å². The second-order valence-electron chi connectivity index (χ2n) is 16.4. The van der Waals surface area contributed by atoms with E-state index in [0.29, 0.717) is 36.7 Å². The molecule has 1 saturated heterocycles. The van der Waals surface area contributed by atoms with Crippen LogP contribution in [0.4, 0.5) is 5.95 Å². The van der Waals surface area contributed by atoms with E-state index in [-0.39, 0.29) is 34.5 Å². The number of imidazole rings is 1. The smallest absolute Gasteiger partial charge is 0.247 e. The summed E-state index contributed by atoms with van der Waals surface area (Å²) in [6.45, 7) is 30.8. The number of nitrogen functional groups attached to an aromatic ring is 1. The molecular formula is C31H55N5O4SSi3. The minimum atomic E-state index is -2.12. The lowest BCUT2D eigenvalue weighted by Crippen LogP contribution is -2.48. The highest BCUT2D eigenvalue weighted by molar-refractivity contribution is 7.13. The second kappa shape index (κ2) is 12.5. The van der Waals surface area contributed by atoms with Gasteiger partial charge in [0.15, 0.2) is 33.6 Å². The largest absolute Gasteiger partial charge is 0.476 e. The minimum Gasteiger partial charge on any atom is -0.476 e. The summed E-state index contributed by atoms with van der Waals surface area (Å²) in [5.41, 5.74) is 7.51. The highest BCUT2D eigenvalue weighted by atomic mass is 32.1. The van der Waals surface area contributed by atoms with Gasteiger partial charge < -0.3 is 24.1 Å². The first-order valence-corrected chi connectivity index (χ1v) is 26.2. The summed E-state index contributed by atoms with van der Waals surface area (Å²) < 4.78 is 29.0. The van der Waals surface area contributed by atoms with Crippen LogP contribution in [-0.4, -0.2) is 69.6 Å². The van der Waals surface area contributed by atoms with Crippen LogP contribution in [-0.2, 0) is 13.6 Å². The molecule has 44 heavy (non-hydrogen) atoms. The molecule has 1 aliphatic heterocycles. The summed E-state index contributed by atoms with van der Waals surface area (Å²) in [6.07, 6.45) is -0.0871. The zero-order chi connectivity index (χ0) is 32.9. The number of thiophene rings is 1. The number of rotatable bonds is 11. The van der Waals surface area contributed by atoms with E-state index < -0.39 is 24.7 Å². The Hall–Kier alpha value is -1.62. The molecule has 3 aromatic heterocycles. The summed E-state index contributed by atoms with van der Waals surface area (Å²) in [7, 11) is -5.44. The first kappa shape index (κ1) is 35.2. The number of hydrogen-bond acceptors (Lipinski definition) is 9. The number of anilines is 1. The SMILES string of the molecule is CC(C)(C)[Si](C)(C)OC[C@H]1O[C@@H](n2c(-c3cccs3)nc3c(OCC[Si](C)(C)C)nc(N)nc32)C[C@@H]1O[Si](C)(C)C(C)(C)C. The Bertz CT molecular complexity index is 1430. The molecule has 1 fully saturated rings. The fourth-order valence-corrected chi connectivity index (χ4v) is 8.36. The molecule has 4 rings (SSSR count). The lowest BCUT2D eigenvalue weighted by molar-refractivity contribution is -0.0377. The lowest BCUT2D eigenvalue weighted by atomic mass is 10.2.